The van der Waals surface area contributed by atoms with Crippen LogP contribution in [0, 0.1) is 33.9 Å². The maximum Gasteiger partial charge on any atom is 0.328 e. The van der Waals surface area contributed by atoms with Crippen molar-refractivity contribution in [2.45, 2.75) is 77.7 Å². The Bertz CT molecular complexity index is 2320. The Morgan fingerprint density at radius 1 is 1.02 bits per heavy atom. The topological polar surface area (TPSA) is 136 Å². The molecule has 8 rings (SSSR count). The fourth-order valence-corrected chi connectivity index (χ4v) is 10.4. The van der Waals surface area contributed by atoms with E-state index in [2.05, 4.69) is 20.6 Å². The number of piperidine rings is 2. The Morgan fingerprint density at radius 2 is 1.78 bits per heavy atom. The summed E-state index contributed by atoms with van der Waals surface area (Å²) in [5, 5.41) is 20.3. The molecule has 4 fully saturated rings. The Labute approximate surface area is 347 Å². The smallest absolute Gasteiger partial charge is 0.328 e. The van der Waals surface area contributed by atoms with E-state index < -0.39 is 34.9 Å². The highest BCUT2D eigenvalue weighted by Gasteiger charge is 2.64. The summed E-state index contributed by atoms with van der Waals surface area (Å²) >= 11 is 6.23. The maximum atomic E-state index is 15.9. The molecule has 4 aliphatic rings. The number of nitrogens with one attached hydrogen (secondary N) is 2. The van der Waals surface area contributed by atoms with Gasteiger partial charge < -0.3 is 19.9 Å². The first-order chi connectivity index (χ1) is 28.1. The van der Waals surface area contributed by atoms with Gasteiger partial charge >= 0.3 is 6.03 Å². The van der Waals surface area contributed by atoms with Gasteiger partial charge in [0, 0.05) is 79.6 Å². The lowest BCUT2D eigenvalue weighted by Crippen LogP contribution is -2.74. The SMILES string of the molecule is CC1(C)C(NC(=O)c2ccc(N3CCC(CN4CC[C@H](n5ncc6c(N7CCC(=O)NC7=O)cccc65)[C@H](F)C4)CC3)c(F)c2)C(C)(C)C1Oc1ccc(C#N)c(Cl)c1. The second kappa shape index (κ2) is 15.7. The quantitative estimate of drug-likeness (QED) is 0.180. The zero-order valence-electron chi connectivity index (χ0n) is 33.7. The molecule has 0 radical (unpaired) electrons. The number of likely N-dealkylation sites (tertiary alicyclic amines) is 1. The number of alkyl halides is 1. The van der Waals surface area contributed by atoms with Crippen molar-refractivity contribution in [3.8, 4) is 11.8 Å². The average Bonchev–Trinajstić information content (AvgIpc) is 3.63. The summed E-state index contributed by atoms with van der Waals surface area (Å²) in [4.78, 5) is 43.5. The third-order valence-electron chi connectivity index (χ3n) is 13.0. The first kappa shape index (κ1) is 40.5. The molecule has 4 aromatic rings. The van der Waals surface area contributed by atoms with Crippen LogP contribution in [0.1, 0.15) is 75.3 Å². The predicted molar refractivity (Wildman–Crippen MR) is 221 cm³/mol. The summed E-state index contributed by atoms with van der Waals surface area (Å²) in [6.07, 6.45) is 2.75. The van der Waals surface area contributed by atoms with Gasteiger partial charge in [-0.3, -0.25) is 24.5 Å². The number of aromatic nitrogens is 2. The second-order valence-corrected chi connectivity index (χ2v) is 18.0. The van der Waals surface area contributed by atoms with Crippen molar-refractivity contribution in [3.63, 3.8) is 0 Å². The van der Waals surface area contributed by atoms with Crippen LogP contribution in [0.25, 0.3) is 10.9 Å². The molecule has 0 unspecified atom stereocenters. The van der Waals surface area contributed by atoms with Crippen LogP contribution in [0.4, 0.5) is 25.0 Å². The number of nitrogens with zero attached hydrogens (tertiary/aromatic N) is 6. The van der Waals surface area contributed by atoms with Crippen LogP contribution in [0.5, 0.6) is 5.75 Å². The molecule has 15 heteroatoms. The number of carbonyl (C=O) groups is 3. The molecule has 3 aromatic carbocycles. The number of rotatable bonds is 9. The number of benzene rings is 3. The minimum Gasteiger partial charge on any atom is -0.489 e. The highest BCUT2D eigenvalue weighted by atomic mass is 35.5. The van der Waals surface area contributed by atoms with Gasteiger partial charge in [0.15, 0.2) is 0 Å². The van der Waals surface area contributed by atoms with E-state index >= 15 is 8.78 Å². The summed E-state index contributed by atoms with van der Waals surface area (Å²) in [7, 11) is 0. The lowest BCUT2D eigenvalue weighted by Gasteiger charge is -2.63. The molecule has 1 aliphatic carbocycles. The number of anilines is 2. The van der Waals surface area contributed by atoms with E-state index in [1.54, 1.807) is 41.2 Å². The Kier molecular flexibility index (Phi) is 10.8. The van der Waals surface area contributed by atoms with E-state index in [-0.39, 0.29) is 49.0 Å². The van der Waals surface area contributed by atoms with Gasteiger partial charge in [0.05, 0.1) is 39.7 Å². The van der Waals surface area contributed by atoms with Gasteiger partial charge in [0.25, 0.3) is 5.91 Å². The maximum absolute atomic E-state index is 15.9. The summed E-state index contributed by atoms with van der Waals surface area (Å²) < 4.78 is 39.7. The molecule has 1 aromatic heterocycles. The number of fused-ring (bicyclic) bond motifs is 1. The molecule has 4 heterocycles. The predicted octanol–water partition coefficient (Wildman–Crippen LogP) is 7.26. The first-order valence-electron chi connectivity index (χ1n) is 20.3. The Balaban J connectivity index is 0.829. The molecule has 3 aliphatic heterocycles. The van der Waals surface area contributed by atoms with Gasteiger partial charge in [-0.1, -0.05) is 45.4 Å². The monoisotopic (exact) mass is 826 g/mol. The van der Waals surface area contributed by atoms with Crippen molar-refractivity contribution in [1.29, 1.82) is 5.26 Å². The van der Waals surface area contributed by atoms with Crippen LogP contribution in [-0.2, 0) is 4.79 Å². The van der Waals surface area contributed by atoms with Crippen LogP contribution in [0.2, 0.25) is 5.02 Å². The molecule has 12 nitrogen and oxygen atoms in total. The molecule has 3 saturated heterocycles. The molecular weight excluding hydrogens is 778 g/mol. The van der Waals surface area contributed by atoms with Crippen molar-refractivity contribution >= 4 is 51.7 Å². The molecule has 4 amide bonds. The Morgan fingerprint density at radius 3 is 2.46 bits per heavy atom. The number of imide groups is 1. The standard InChI is InChI=1S/C44H49ClF2N8O4/c1-43(2)40(44(3,4)41(43)59-29-10-8-28(22-48)31(45)21-29)51-39(57)27-9-11-36(32(46)20-27)53-17-12-26(13-18-53)24-52-16-14-37(33(47)25-52)55-35-7-5-6-34(30(35)23-49-55)54-19-15-38(56)50-42(54)58/h5-11,20-21,23,26,33,37,40-41H,12-19,24-25H2,1-4H3,(H,51,57)(H,50,56,58)/t33-,37+,40?,41?/m1/s1. The molecule has 310 valence electrons. The van der Waals surface area contributed by atoms with E-state index in [9.17, 15) is 19.6 Å². The summed E-state index contributed by atoms with van der Waals surface area (Å²) in [5.74, 6) is -0.217. The zero-order valence-corrected chi connectivity index (χ0v) is 34.4. The number of hydrogen-bond acceptors (Lipinski definition) is 8. The Hall–Kier alpha value is -5.26. The zero-order chi connectivity index (χ0) is 41.8. The van der Waals surface area contributed by atoms with Gasteiger partial charge in [0.2, 0.25) is 5.91 Å². The largest absolute Gasteiger partial charge is 0.489 e. The average molecular weight is 827 g/mol. The van der Waals surface area contributed by atoms with Gasteiger partial charge in [-0.2, -0.15) is 10.4 Å². The fourth-order valence-electron chi connectivity index (χ4n) is 10.2. The number of halogens is 3. The van der Waals surface area contributed by atoms with Crippen molar-refractivity contribution in [2.75, 3.05) is 49.1 Å². The molecule has 59 heavy (non-hydrogen) atoms. The van der Waals surface area contributed by atoms with Gasteiger partial charge in [-0.25, -0.2) is 13.6 Å². The third-order valence-corrected chi connectivity index (χ3v) is 13.3. The molecule has 1 saturated carbocycles. The van der Waals surface area contributed by atoms with Crippen LogP contribution in [-0.4, -0.2) is 90.1 Å². The number of nitriles is 1. The van der Waals surface area contributed by atoms with Crippen molar-refractivity contribution in [2.24, 2.45) is 16.7 Å². The second-order valence-electron chi connectivity index (χ2n) is 17.6. The number of ether oxygens (including phenoxy) is 1. The van der Waals surface area contributed by atoms with Crippen LogP contribution >= 0.6 is 11.6 Å². The van der Waals surface area contributed by atoms with Gasteiger partial charge in [0.1, 0.15) is 29.9 Å². The summed E-state index contributed by atoms with van der Waals surface area (Å²) in [6, 6.07) is 16.0. The minimum atomic E-state index is -1.14. The third kappa shape index (κ3) is 7.59. The van der Waals surface area contributed by atoms with Crippen molar-refractivity contribution in [1.82, 2.24) is 25.3 Å². The van der Waals surface area contributed by atoms with E-state index in [0.29, 0.717) is 53.1 Å². The molecule has 0 bridgehead atoms. The highest BCUT2D eigenvalue weighted by molar-refractivity contribution is 6.31. The van der Waals surface area contributed by atoms with E-state index in [1.165, 1.54) is 11.0 Å². The lowest BCUT2D eigenvalue weighted by atomic mass is 9.49. The molecule has 0 spiro atoms. The van der Waals surface area contributed by atoms with Crippen molar-refractivity contribution in [3.05, 3.63) is 82.8 Å². The van der Waals surface area contributed by atoms with E-state index in [4.69, 9.17) is 16.3 Å². The fraction of sp³-hybridized carbons (Fsp3) is 0.477. The van der Waals surface area contributed by atoms with Crippen LogP contribution < -0.4 is 25.2 Å². The molecule has 2 atom stereocenters. The lowest BCUT2D eigenvalue weighted by molar-refractivity contribution is -0.164. The number of urea groups is 1. The number of carbonyl (C=O) groups excluding carboxylic acids is 3. The van der Waals surface area contributed by atoms with Crippen molar-refractivity contribution < 1.29 is 27.9 Å². The van der Waals surface area contributed by atoms with Gasteiger partial charge in [-0.05, 0) is 67.6 Å². The number of hydrogen-bond donors (Lipinski definition) is 2. The van der Waals surface area contributed by atoms with E-state index in [0.717, 1.165) is 36.8 Å². The molecule has 2 N–H and O–H groups in total. The number of amides is 4. The van der Waals surface area contributed by atoms with Crippen LogP contribution in [0.3, 0.4) is 0 Å². The normalized spacial score (nSPS) is 24.6. The van der Waals surface area contributed by atoms with E-state index in [1.807, 2.05) is 56.9 Å². The first-order valence-corrected chi connectivity index (χ1v) is 20.7. The van der Waals surface area contributed by atoms with Gasteiger partial charge in [-0.15, -0.1) is 0 Å². The minimum absolute atomic E-state index is 0.211. The molecular formula is C44H49ClF2N8O4. The highest BCUT2D eigenvalue weighted by Crippen LogP contribution is 2.55. The van der Waals surface area contributed by atoms with Crippen LogP contribution in [0.15, 0.2) is 60.8 Å². The summed E-state index contributed by atoms with van der Waals surface area (Å²) in [6.45, 7) is 11.4. The summed E-state index contributed by atoms with van der Waals surface area (Å²) in [5.41, 5.74) is 1.56.